The topological polar surface area (TPSA) is 39.4 Å². The van der Waals surface area contributed by atoms with Crippen molar-refractivity contribution < 1.29 is 9.15 Å². The number of hydrogen-bond acceptors (Lipinski definition) is 3. The summed E-state index contributed by atoms with van der Waals surface area (Å²) >= 11 is 0. The average Bonchev–Trinajstić information content (AvgIpc) is 2.30. The van der Waals surface area contributed by atoms with Gasteiger partial charge in [-0.25, -0.2) is 4.79 Å². The lowest BCUT2D eigenvalue weighted by molar-refractivity contribution is 0.414. The number of ether oxygens (including phenoxy) is 1. The molecule has 0 aliphatic rings. The molecule has 0 aliphatic heterocycles. The van der Waals surface area contributed by atoms with Crippen molar-refractivity contribution in [3.05, 3.63) is 52.4 Å². The van der Waals surface area contributed by atoms with Gasteiger partial charge in [0, 0.05) is 17.0 Å². The zero-order chi connectivity index (χ0) is 12.4. The van der Waals surface area contributed by atoms with Crippen LogP contribution in [0.25, 0.3) is 11.0 Å². The smallest absolute Gasteiger partial charge is 0.336 e. The van der Waals surface area contributed by atoms with E-state index in [9.17, 15) is 4.79 Å². The number of allylic oxidation sites excluding steroid dienone is 1. The number of aryl methyl sites for hydroxylation is 1. The highest BCUT2D eigenvalue weighted by molar-refractivity contribution is 5.84. The first-order valence-electron chi connectivity index (χ1n) is 5.38. The van der Waals surface area contributed by atoms with Gasteiger partial charge >= 0.3 is 5.63 Å². The summed E-state index contributed by atoms with van der Waals surface area (Å²) in [5.41, 5.74) is 2.09. The Morgan fingerprint density at radius 3 is 2.82 bits per heavy atom. The van der Waals surface area contributed by atoms with Crippen molar-refractivity contribution in [2.24, 2.45) is 0 Å². The summed E-state index contributed by atoms with van der Waals surface area (Å²) in [6.07, 6.45) is 2.41. The summed E-state index contributed by atoms with van der Waals surface area (Å²) < 4.78 is 10.5. The van der Waals surface area contributed by atoms with E-state index in [2.05, 4.69) is 6.58 Å². The predicted octanol–water partition coefficient (Wildman–Crippen LogP) is 2.84. The molecule has 1 aromatic heterocycles. The van der Waals surface area contributed by atoms with Crippen molar-refractivity contribution in [1.29, 1.82) is 0 Å². The van der Waals surface area contributed by atoms with Gasteiger partial charge in [0.05, 0.1) is 7.11 Å². The lowest BCUT2D eigenvalue weighted by atomic mass is 10.0. The summed E-state index contributed by atoms with van der Waals surface area (Å²) in [4.78, 5) is 11.4. The molecule has 2 aromatic rings. The molecule has 0 bridgehead atoms. The third-order valence-corrected chi connectivity index (χ3v) is 2.70. The summed E-state index contributed by atoms with van der Waals surface area (Å²) in [5, 5.41) is 0.904. The SMILES string of the molecule is C=CCc1cc(OC)cc2c(C)cc(=O)oc12. The van der Waals surface area contributed by atoms with Crippen molar-refractivity contribution in [3.63, 3.8) is 0 Å². The van der Waals surface area contributed by atoms with E-state index in [0.717, 1.165) is 22.3 Å². The van der Waals surface area contributed by atoms with Crippen molar-refractivity contribution >= 4 is 11.0 Å². The maximum atomic E-state index is 11.4. The Hall–Kier alpha value is -2.03. The summed E-state index contributed by atoms with van der Waals surface area (Å²) in [5.74, 6) is 0.756. The maximum Gasteiger partial charge on any atom is 0.336 e. The quantitative estimate of drug-likeness (QED) is 0.601. The molecule has 0 N–H and O–H groups in total. The molecule has 1 aromatic carbocycles. The van der Waals surface area contributed by atoms with Crippen LogP contribution in [0, 0.1) is 6.92 Å². The number of methoxy groups -OCH3 is 1. The van der Waals surface area contributed by atoms with Crippen molar-refractivity contribution in [1.82, 2.24) is 0 Å². The molecule has 2 rings (SSSR count). The molecule has 0 atom stereocenters. The molecule has 0 amide bonds. The van der Waals surface area contributed by atoms with Crippen LogP contribution < -0.4 is 10.4 Å². The molecule has 3 heteroatoms. The van der Waals surface area contributed by atoms with Gasteiger partial charge in [0.15, 0.2) is 0 Å². The minimum atomic E-state index is -0.328. The molecule has 0 unspecified atom stereocenters. The first kappa shape index (κ1) is 11.5. The second-order valence-electron chi connectivity index (χ2n) is 3.90. The average molecular weight is 230 g/mol. The van der Waals surface area contributed by atoms with E-state index in [1.165, 1.54) is 6.07 Å². The molecule has 3 nitrogen and oxygen atoms in total. The Balaban J connectivity index is 2.85. The van der Waals surface area contributed by atoms with Gasteiger partial charge in [-0.15, -0.1) is 6.58 Å². The van der Waals surface area contributed by atoms with E-state index < -0.39 is 0 Å². The molecule has 0 fully saturated rings. The van der Waals surface area contributed by atoms with Crippen LogP contribution in [-0.2, 0) is 6.42 Å². The zero-order valence-corrected chi connectivity index (χ0v) is 9.95. The molecule has 1 heterocycles. The van der Waals surface area contributed by atoms with Crippen LogP contribution >= 0.6 is 0 Å². The fraction of sp³-hybridized carbons (Fsp3) is 0.214. The molecule has 0 spiro atoms. The lowest BCUT2D eigenvalue weighted by Gasteiger charge is -2.08. The molecule has 88 valence electrons. The Bertz CT molecular complexity index is 623. The van der Waals surface area contributed by atoms with Crippen LogP contribution in [0.5, 0.6) is 5.75 Å². The zero-order valence-electron chi connectivity index (χ0n) is 9.95. The number of rotatable bonds is 3. The minimum Gasteiger partial charge on any atom is -0.497 e. The first-order valence-corrected chi connectivity index (χ1v) is 5.38. The fourth-order valence-electron chi connectivity index (χ4n) is 1.88. The summed E-state index contributed by atoms with van der Waals surface area (Å²) in [7, 11) is 1.62. The lowest BCUT2D eigenvalue weighted by Crippen LogP contribution is -2.00. The normalized spacial score (nSPS) is 10.5. The van der Waals surface area contributed by atoms with E-state index in [-0.39, 0.29) is 5.63 Å². The van der Waals surface area contributed by atoms with Gasteiger partial charge in [-0.2, -0.15) is 0 Å². The highest BCUT2D eigenvalue weighted by Crippen LogP contribution is 2.27. The van der Waals surface area contributed by atoms with Crippen LogP contribution in [0.15, 0.2) is 40.1 Å². The molecule has 17 heavy (non-hydrogen) atoms. The molecule has 0 saturated carbocycles. The van der Waals surface area contributed by atoms with Crippen LogP contribution in [0.2, 0.25) is 0 Å². The van der Waals surface area contributed by atoms with Crippen LogP contribution in [0.3, 0.4) is 0 Å². The predicted molar refractivity (Wildman–Crippen MR) is 67.7 cm³/mol. The highest BCUT2D eigenvalue weighted by Gasteiger charge is 2.09. The second-order valence-corrected chi connectivity index (χ2v) is 3.90. The van der Waals surface area contributed by atoms with Gasteiger partial charge in [0.25, 0.3) is 0 Å². The molecular weight excluding hydrogens is 216 g/mol. The summed E-state index contributed by atoms with van der Waals surface area (Å²) in [6.45, 7) is 5.59. The summed E-state index contributed by atoms with van der Waals surface area (Å²) in [6, 6.07) is 5.23. The van der Waals surface area contributed by atoms with Crippen LogP contribution in [0.4, 0.5) is 0 Å². The van der Waals surface area contributed by atoms with Crippen LogP contribution in [-0.4, -0.2) is 7.11 Å². The van der Waals surface area contributed by atoms with E-state index in [0.29, 0.717) is 12.0 Å². The van der Waals surface area contributed by atoms with E-state index in [1.54, 1.807) is 13.2 Å². The Morgan fingerprint density at radius 2 is 2.18 bits per heavy atom. The van der Waals surface area contributed by atoms with Crippen LogP contribution in [0.1, 0.15) is 11.1 Å². The third-order valence-electron chi connectivity index (χ3n) is 2.70. The van der Waals surface area contributed by atoms with Gasteiger partial charge in [0.2, 0.25) is 0 Å². The van der Waals surface area contributed by atoms with Gasteiger partial charge in [0.1, 0.15) is 11.3 Å². The van der Waals surface area contributed by atoms with E-state index in [1.807, 2.05) is 19.1 Å². The number of hydrogen-bond donors (Lipinski definition) is 0. The van der Waals surface area contributed by atoms with E-state index >= 15 is 0 Å². The molecule has 0 radical (unpaired) electrons. The molecule has 0 aliphatic carbocycles. The van der Waals surface area contributed by atoms with Gasteiger partial charge in [-0.3, -0.25) is 0 Å². The van der Waals surface area contributed by atoms with Crippen molar-refractivity contribution in [2.75, 3.05) is 7.11 Å². The molecular formula is C14H14O3. The minimum absolute atomic E-state index is 0.328. The highest BCUT2D eigenvalue weighted by atomic mass is 16.5. The number of fused-ring (bicyclic) bond motifs is 1. The van der Waals surface area contributed by atoms with Gasteiger partial charge in [-0.1, -0.05) is 6.08 Å². The Labute approximate surface area is 99.3 Å². The second kappa shape index (κ2) is 4.45. The van der Waals surface area contributed by atoms with E-state index in [4.69, 9.17) is 9.15 Å². The monoisotopic (exact) mass is 230 g/mol. The van der Waals surface area contributed by atoms with Gasteiger partial charge in [-0.05, 0) is 31.0 Å². The van der Waals surface area contributed by atoms with Gasteiger partial charge < -0.3 is 9.15 Å². The largest absolute Gasteiger partial charge is 0.497 e. The first-order chi connectivity index (χ1) is 8.15. The number of benzene rings is 1. The molecule has 0 saturated heterocycles. The standard InChI is InChI=1S/C14H14O3/c1-4-5-10-7-11(16-3)8-12-9(2)6-13(15)17-14(10)12/h4,6-8H,1,5H2,2-3H3. The maximum absolute atomic E-state index is 11.4. The van der Waals surface area contributed by atoms with Crippen molar-refractivity contribution in [3.8, 4) is 5.75 Å². The third kappa shape index (κ3) is 2.09. The van der Waals surface area contributed by atoms with Crippen molar-refractivity contribution in [2.45, 2.75) is 13.3 Å². The Kier molecular flexibility index (Phi) is 3.00. The fourth-order valence-corrected chi connectivity index (χ4v) is 1.88. The Morgan fingerprint density at radius 1 is 1.41 bits per heavy atom.